The van der Waals surface area contributed by atoms with Gasteiger partial charge in [0.2, 0.25) is 5.88 Å². The minimum absolute atomic E-state index is 0.138. The van der Waals surface area contributed by atoms with Gasteiger partial charge in [0.1, 0.15) is 0 Å². The van der Waals surface area contributed by atoms with E-state index in [1.807, 2.05) is 7.05 Å². The normalized spacial score (nSPS) is 11.4. The lowest BCUT2D eigenvalue weighted by Gasteiger charge is -2.24. The molecule has 19 heavy (non-hydrogen) atoms. The molecule has 0 bridgehead atoms. The van der Waals surface area contributed by atoms with Crippen LogP contribution in [0.2, 0.25) is 0 Å². The number of nitrogens with one attached hydrogen (secondary N) is 1. The van der Waals surface area contributed by atoms with Gasteiger partial charge in [0.25, 0.3) is 0 Å². The number of hydrogen-bond acceptors (Lipinski definition) is 5. The molecule has 0 aliphatic heterocycles. The van der Waals surface area contributed by atoms with Crippen LogP contribution in [0.5, 0.6) is 5.88 Å². The quantitative estimate of drug-likeness (QED) is 0.819. The zero-order valence-electron chi connectivity index (χ0n) is 12.7. The Labute approximate surface area is 116 Å². The van der Waals surface area contributed by atoms with E-state index in [9.17, 15) is 0 Å². The van der Waals surface area contributed by atoms with Crippen molar-refractivity contribution in [2.24, 2.45) is 0 Å². The number of likely N-dealkylation sites (N-methyl/N-ethyl adjacent to an activating group) is 1. The zero-order chi connectivity index (χ0) is 14.3. The minimum Gasteiger partial charge on any atom is -0.477 e. The lowest BCUT2D eigenvalue weighted by Crippen LogP contribution is -2.40. The van der Waals surface area contributed by atoms with E-state index in [1.165, 1.54) is 0 Å². The van der Waals surface area contributed by atoms with Gasteiger partial charge in [-0.2, -0.15) is 4.98 Å². The summed E-state index contributed by atoms with van der Waals surface area (Å²) in [6, 6.07) is 0. The fraction of sp³-hybridized carbons (Fsp3) is 0.714. The molecule has 108 valence electrons. The van der Waals surface area contributed by atoms with Crippen molar-refractivity contribution in [2.45, 2.75) is 39.7 Å². The Hall–Kier alpha value is -1.36. The van der Waals surface area contributed by atoms with Crippen LogP contribution >= 0.6 is 0 Å². The van der Waals surface area contributed by atoms with E-state index in [0.29, 0.717) is 12.5 Å². The Bertz CT molecular complexity index is 376. The molecule has 0 saturated heterocycles. The van der Waals surface area contributed by atoms with Gasteiger partial charge >= 0.3 is 0 Å². The third kappa shape index (κ3) is 6.38. The maximum absolute atomic E-state index is 5.49. The van der Waals surface area contributed by atoms with Crippen LogP contribution in [0.1, 0.15) is 34.1 Å². The molecule has 1 N–H and O–H groups in total. The van der Waals surface area contributed by atoms with Crippen LogP contribution in [0.3, 0.4) is 0 Å². The van der Waals surface area contributed by atoms with E-state index in [1.54, 1.807) is 12.4 Å². The Morgan fingerprint density at radius 3 is 2.68 bits per heavy atom. The molecule has 1 heterocycles. The fourth-order valence-electron chi connectivity index (χ4n) is 1.51. The predicted octanol–water partition coefficient (Wildman–Crippen LogP) is 2.09. The van der Waals surface area contributed by atoms with Crippen LogP contribution in [0.15, 0.2) is 12.4 Å². The summed E-state index contributed by atoms with van der Waals surface area (Å²) in [6.45, 7) is 11.0. The first kappa shape index (κ1) is 15.7. The summed E-state index contributed by atoms with van der Waals surface area (Å²) in [5, 5.41) is 3.45. The van der Waals surface area contributed by atoms with Gasteiger partial charge in [-0.05, 0) is 27.2 Å². The first-order valence-corrected chi connectivity index (χ1v) is 6.83. The van der Waals surface area contributed by atoms with Crippen LogP contribution in [-0.2, 0) is 0 Å². The van der Waals surface area contributed by atoms with Crippen molar-refractivity contribution >= 4 is 5.82 Å². The predicted molar refractivity (Wildman–Crippen MR) is 78.8 cm³/mol. The molecule has 0 spiro atoms. The average molecular weight is 266 g/mol. The molecule has 0 atom stereocenters. The Morgan fingerprint density at radius 1 is 1.32 bits per heavy atom. The zero-order valence-corrected chi connectivity index (χ0v) is 12.7. The largest absolute Gasteiger partial charge is 0.477 e. The molecule has 5 nitrogen and oxygen atoms in total. The smallest absolute Gasteiger partial charge is 0.234 e. The highest BCUT2D eigenvalue weighted by Gasteiger charge is 2.10. The lowest BCUT2D eigenvalue weighted by molar-refractivity contribution is 0.304. The summed E-state index contributed by atoms with van der Waals surface area (Å²) in [6.07, 6.45) is 4.38. The maximum Gasteiger partial charge on any atom is 0.234 e. The van der Waals surface area contributed by atoms with Gasteiger partial charge in [-0.25, -0.2) is 0 Å². The molecule has 1 aromatic rings. The van der Waals surface area contributed by atoms with Crippen molar-refractivity contribution in [1.82, 2.24) is 15.3 Å². The minimum atomic E-state index is 0.138. The second-order valence-electron chi connectivity index (χ2n) is 5.66. The molecular weight excluding hydrogens is 240 g/mol. The first-order valence-electron chi connectivity index (χ1n) is 6.83. The van der Waals surface area contributed by atoms with Crippen LogP contribution in [0.25, 0.3) is 0 Å². The van der Waals surface area contributed by atoms with Gasteiger partial charge in [0.15, 0.2) is 5.82 Å². The highest BCUT2D eigenvalue weighted by Crippen LogP contribution is 2.12. The topological polar surface area (TPSA) is 50.3 Å². The van der Waals surface area contributed by atoms with Crippen LogP contribution in [0.4, 0.5) is 5.82 Å². The van der Waals surface area contributed by atoms with Gasteiger partial charge in [0.05, 0.1) is 19.0 Å². The molecule has 1 rings (SSSR count). The molecule has 0 unspecified atom stereocenters. The summed E-state index contributed by atoms with van der Waals surface area (Å²) >= 11 is 0. The lowest BCUT2D eigenvalue weighted by atomic mass is 10.1. The van der Waals surface area contributed by atoms with Crippen LogP contribution in [-0.4, -0.2) is 42.3 Å². The SMILES string of the molecule is CCCOc1cncc(N(C)CCNC(C)(C)C)n1. The maximum atomic E-state index is 5.49. The van der Waals surface area contributed by atoms with Crippen molar-refractivity contribution in [3.05, 3.63) is 12.4 Å². The third-order valence-corrected chi connectivity index (χ3v) is 2.55. The van der Waals surface area contributed by atoms with Crippen molar-refractivity contribution in [3.63, 3.8) is 0 Å². The molecule has 1 aromatic heterocycles. The first-order chi connectivity index (χ1) is 8.92. The molecular formula is C14H26N4O. The Kier molecular flexibility index (Phi) is 6.02. The molecule has 0 aromatic carbocycles. The number of aromatic nitrogens is 2. The molecule has 0 radical (unpaired) electrons. The van der Waals surface area contributed by atoms with Crippen molar-refractivity contribution in [3.8, 4) is 5.88 Å². The molecule has 0 saturated carbocycles. The summed E-state index contributed by atoms with van der Waals surface area (Å²) in [7, 11) is 2.01. The van der Waals surface area contributed by atoms with Gasteiger partial charge in [0, 0.05) is 25.7 Å². The third-order valence-electron chi connectivity index (χ3n) is 2.55. The summed E-state index contributed by atoms with van der Waals surface area (Å²) in [5.41, 5.74) is 0.138. The van der Waals surface area contributed by atoms with E-state index < -0.39 is 0 Å². The molecule has 0 aliphatic rings. The molecule has 5 heteroatoms. The van der Waals surface area contributed by atoms with Gasteiger partial charge < -0.3 is 15.0 Å². The van der Waals surface area contributed by atoms with Crippen molar-refractivity contribution in [2.75, 3.05) is 31.6 Å². The van der Waals surface area contributed by atoms with E-state index in [0.717, 1.165) is 25.3 Å². The monoisotopic (exact) mass is 266 g/mol. The van der Waals surface area contributed by atoms with Crippen molar-refractivity contribution < 1.29 is 4.74 Å². The second kappa shape index (κ2) is 7.28. The molecule has 0 fully saturated rings. The number of rotatable bonds is 7. The van der Waals surface area contributed by atoms with E-state index >= 15 is 0 Å². The second-order valence-corrected chi connectivity index (χ2v) is 5.66. The fourth-order valence-corrected chi connectivity index (χ4v) is 1.51. The highest BCUT2D eigenvalue weighted by atomic mass is 16.5. The summed E-state index contributed by atoms with van der Waals surface area (Å²) in [4.78, 5) is 10.7. The van der Waals surface area contributed by atoms with Crippen molar-refractivity contribution in [1.29, 1.82) is 0 Å². The highest BCUT2D eigenvalue weighted by molar-refractivity contribution is 5.36. The number of ether oxygens (including phenoxy) is 1. The summed E-state index contributed by atoms with van der Waals surface area (Å²) in [5.74, 6) is 1.43. The standard InChI is InChI=1S/C14H26N4O/c1-6-9-19-13-11-15-10-12(17-13)18(5)8-7-16-14(2,3)4/h10-11,16H,6-9H2,1-5H3. The number of hydrogen-bond donors (Lipinski definition) is 1. The van der Waals surface area contributed by atoms with Gasteiger partial charge in [-0.15, -0.1) is 0 Å². The molecule has 0 aliphatic carbocycles. The molecule has 0 amide bonds. The van der Waals surface area contributed by atoms with Gasteiger partial charge in [-0.3, -0.25) is 4.98 Å². The number of anilines is 1. The van der Waals surface area contributed by atoms with Crippen LogP contribution in [0, 0.1) is 0 Å². The van der Waals surface area contributed by atoms with Crippen LogP contribution < -0.4 is 15.0 Å². The van der Waals surface area contributed by atoms with E-state index in [2.05, 4.69) is 47.9 Å². The number of nitrogens with zero attached hydrogens (tertiary/aromatic N) is 3. The van der Waals surface area contributed by atoms with E-state index in [4.69, 9.17) is 4.74 Å². The Morgan fingerprint density at radius 2 is 2.05 bits per heavy atom. The Balaban J connectivity index is 2.49. The summed E-state index contributed by atoms with van der Waals surface area (Å²) < 4.78 is 5.49. The average Bonchev–Trinajstić information content (AvgIpc) is 2.35. The van der Waals surface area contributed by atoms with E-state index in [-0.39, 0.29) is 5.54 Å². The van der Waals surface area contributed by atoms with Gasteiger partial charge in [-0.1, -0.05) is 6.92 Å².